The third-order valence-electron chi connectivity index (χ3n) is 2.26. The fourth-order valence-corrected chi connectivity index (χ4v) is 2.07. The van der Waals surface area contributed by atoms with Crippen molar-refractivity contribution in [1.29, 1.82) is 0 Å². The minimum Gasteiger partial charge on any atom is -0.393 e. The quantitative estimate of drug-likeness (QED) is 0.741. The molecule has 1 fully saturated rings. The molecule has 1 aliphatic rings. The van der Waals surface area contributed by atoms with Crippen molar-refractivity contribution in [3.8, 4) is 0 Å². The standard InChI is InChI=1S/C9H13NOS/c11-8-4-7(5-8)10-6-9-2-1-3-12-9/h1-3,7-8,10-11H,4-6H2. The molecule has 2 nitrogen and oxygen atoms in total. The maximum absolute atomic E-state index is 9.04. The van der Waals surface area contributed by atoms with Gasteiger partial charge in [-0.1, -0.05) is 6.07 Å². The van der Waals surface area contributed by atoms with Crippen LogP contribution in [0.3, 0.4) is 0 Å². The summed E-state index contributed by atoms with van der Waals surface area (Å²) >= 11 is 1.78. The zero-order valence-electron chi connectivity index (χ0n) is 6.86. The van der Waals surface area contributed by atoms with Crippen LogP contribution in [-0.2, 0) is 6.54 Å². The highest BCUT2D eigenvalue weighted by Crippen LogP contribution is 2.20. The van der Waals surface area contributed by atoms with Crippen molar-refractivity contribution < 1.29 is 5.11 Å². The van der Waals surface area contributed by atoms with Crippen LogP contribution in [0.1, 0.15) is 17.7 Å². The number of hydrogen-bond donors (Lipinski definition) is 2. The Hall–Kier alpha value is -0.380. The minimum atomic E-state index is -0.0502. The second-order valence-corrected chi connectivity index (χ2v) is 4.31. The van der Waals surface area contributed by atoms with Gasteiger partial charge < -0.3 is 10.4 Å². The maximum atomic E-state index is 9.04. The van der Waals surface area contributed by atoms with Gasteiger partial charge in [0.1, 0.15) is 0 Å². The molecule has 0 amide bonds. The van der Waals surface area contributed by atoms with E-state index in [4.69, 9.17) is 5.11 Å². The molecule has 3 heteroatoms. The molecule has 1 heterocycles. The lowest BCUT2D eigenvalue weighted by Gasteiger charge is -2.31. The van der Waals surface area contributed by atoms with E-state index in [0.29, 0.717) is 6.04 Å². The fourth-order valence-electron chi connectivity index (χ4n) is 1.41. The van der Waals surface area contributed by atoms with Crippen molar-refractivity contribution in [3.63, 3.8) is 0 Å². The molecule has 0 aromatic carbocycles. The predicted octanol–water partition coefficient (Wildman–Crippen LogP) is 1.36. The summed E-state index contributed by atoms with van der Waals surface area (Å²) in [6, 6.07) is 4.74. The van der Waals surface area contributed by atoms with Crippen LogP contribution < -0.4 is 5.32 Å². The molecule has 66 valence electrons. The lowest BCUT2D eigenvalue weighted by molar-refractivity contribution is 0.0620. The van der Waals surface area contributed by atoms with Crippen molar-refractivity contribution in [2.24, 2.45) is 0 Å². The molecule has 0 aliphatic heterocycles. The molecular formula is C9H13NOS. The monoisotopic (exact) mass is 183 g/mol. The van der Waals surface area contributed by atoms with Gasteiger partial charge in [-0.05, 0) is 24.3 Å². The number of hydrogen-bond acceptors (Lipinski definition) is 3. The zero-order valence-corrected chi connectivity index (χ0v) is 7.68. The maximum Gasteiger partial charge on any atom is 0.0570 e. The van der Waals surface area contributed by atoms with Gasteiger partial charge in [0.15, 0.2) is 0 Å². The van der Waals surface area contributed by atoms with Gasteiger partial charge in [0.25, 0.3) is 0 Å². The molecule has 12 heavy (non-hydrogen) atoms. The van der Waals surface area contributed by atoms with Gasteiger partial charge in [0.2, 0.25) is 0 Å². The number of aliphatic hydroxyl groups is 1. The highest BCUT2D eigenvalue weighted by Gasteiger charge is 2.26. The third kappa shape index (κ3) is 1.86. The summed E-state index contributed by atoms with van der Waals surface area (Å²) in [5, 5.41) is 14.5. The molecule has 0 atom stereocenters. The van der Waals surface area contributed by atoms with Gasteiger partial charge in [0.05, 0.1) is 6.10 Å². The summed E-state index contributed by atoms with van der Waals surface area (Å²) in [5.74, 6) is 0. The van der Waals surface area contributed by atoms with Crippen LogP contribution in [0, 0.1) is 0 Å². The van der Waals surface area contributed by atoms with Gasteiger partial charge in [-0.25, -0.2) is 0 Å². The van der Waals surface area contributed by atoms with Gasteiger partial charge >= 0.3 is 0 Å². The Balaban J connectivity index is 1.70. The van der Waals surface area contributed by atoms with E-state index in [-0.39, 0.29) is 6.10 Å². The van der Waals surface area contributed by atoms with Crippen LogP contribution in [-0.4, -0.2) is 17.3 Å². The zero-order chi connectivity index (χ0) is 8.39. The Kier molecular flexibility index (Phi) is 2.44. The Morgan fingerprint density at radius 1 is 1.58 bits per heavy atom. The van der Waals surface area contributed by atoms with Crippen LogP contribution >= 0.6 is 11.3 Å². The van der Waals surface area contributed by atoms with E-state index >= 15 is 0 Å². The average molecular weight is 183 g/mol. The summed E-state index contributed by atoms with van der Waals surface area (Å²) in [6.45, 7) is 0.953. The molecule has 0 bridgehead atoms. The number of nitrogens with one attached hydrogen (secondary N) is 1. The highest BCUT2D eigenvalue weighted by molar-refractivity contribution is 7.09. The van der Waals surface area contributed by atoms with E-state index in [1.54, 1.807) is 11.3 Å². The smallest absolute Gasteiger partial charge is 0.0570 e. The topological polar surface area (TPSA) is 32.3 Å². The van der Waals surface area contributed by atoms with E-state index in [1.807, 2.05) is 0 Å². The Bertz CT molecular complexity index is 229. The first kappa shape index (κ1) is 8.23. The molecule has 1 aromatic heterocycles. The minimum absolute atomic E-state index is 0.0502. The molecule has 0 radical (unpaired) electrons. The summed E-state index contributed by atoms with van der Waals surface area (Å²) in [6.07, 6.45) is 1.79. The van der Waals surface area contributed by atoms with Gasteiger partial charge in [-0.15, -0.1) is 11.3 Å². The van der Waals surface area contributed by atoms with Gasteiger partial charge in [-0.3, -0.25) is 0 Å². The second kappa shape index (κ2) is 3.56. The van der Waals surface area contributed by atoms with Gasteiger partial charge in [0, 0.05) is 17.5 Å². The Morgan fingerprint density at radius 2 is 2.42 bits per heavy atom. The SMILES string of the molecule is OC1CC(NCc2cccs2)C1. The van der Waals surface area contributed by atoms with Crippen LogP contribution in [0.25, 0.3) is 0 Å². The van der Waals surface area contributed by atoms with Gasteiger partial charge in [-0.2, -0.15) is 0 Å². The first-order chi connectivity index (χ1) is 5.84. The Morgan fingerprint density at radius 3 is 3.00 bits per heavy atom. The molecule has 1 aliphatic carbocycles. The van der Waals surface area contributed by atoms with Crippen LogP contribution in [0.4, 0.5) is 0 Å². The number of aliphatic hydroxyl groups excluding tert-OH is 1. The fraction of sp³-hybridized carbons (Fsp3) is 0.556. The summed E-state index contributed by atoms with van der Waals surface area (Å²) < 4.78 is 0. The number of thiophene rings is 1. The Labute approximate surface area is 76.2 Å². The van der Waals surface area contributed by atoms with Crippen LogP contribution in [0.5, 0.6) is 0 Å². The average Bonchev–Trinajstić information content (AvgIpc) is 2.47. The predicted molar refractivity (Wildman–Crippen MR) is 50.2 cm³/mol. The highest BCUT2D eigenvalue weighted by atomic mass is 32.1. The summed E-state index contributed by atoms with van der Waals surface area (Å²) in [7, 11) is 0. The second-order valence-electron chi connectivity index (χ2n) is 3.28. The van der Waals surface area contributed by atoms with Crippen molar-refractivity contribution in [2.75, 3.05) is 0 Å². The van der Waals surface area contributed by atoms with E-state index < -0.39 is 0 Å². The molecular weight excluding hydrogens is 170 g/mol. The lowest BCUT2D eigenvalue weighted by Crippen LogP contribution is -2.43. The molecule has 2 rings (SSSR count). The van der Waals surface area contributed by atoms with E-state index in [9.17, 15) is 0 Å². The van der Waals surface area contributed by atoms with Crippen LogP contribution in [0.15, 0.2) is 17.5 Å². The van der Waals surface area contributed by atoms with Crippen molar-refractivity contribution >= 4 is 11.3 Å². The molecule has 0 saturated heterocycles. The molecule has 1 aromatic rings. The van der Waals surface area contributed by atoms with Crippen LogP contribution in [0.2, 0.25) is 0 Å². The summed E-state index contributed by atoms with van der Waals surface area (Å²) in [5.41, 5.74) is 0. The molecule has 0 unspecified atom stereocenters. The van der Waals surface area contributed by atoms with Crippen molar-refractivity contribution in [2.45, 2.75) is 31.5 Å². The van der Waals surface area contributed by atoms with Crippen molar-refractivity contribution in [1.82, 2.24) is 5.32 Å². The normalized spacial score (nSPS) is 28.4. The summed E-state index contributed by atoms with van der Waals surface area (Å²) in [4.78, 5) is 1.37. The molecule has 0 spiro atoms. The third-order valence-corrected chi connectivity index (χ3v) is 3.13. The van der Waals surface area contributed by atoms with E-state index in [2.05, 4.69) is 22.8 Å². The molecule has 2 N–H and O–H groups in total. The first-order valence-corrected chi connectivity index (χ1v) is 5.16. The van der Waals surface area contributed by atoms with E-state index in [1.165, 1.54) is 4.88 Å². The largest absolute Gasteiger partial charge is 0.393 e. The molecule has 1 saturated carbocycles. The van der Waals surface area contributed by atoms with Crippen molar-refractivity contribution in [3.05, 3.63) is 22.4 Å². The number of rotatable bonds is 3. The van der Waals surface area contributed by atoms with E-state index in [0.717, 1.165) is 19.4 Å². The first-order valence-electron chi connectivity index (χ1n) is 4.28. The lowest BCUT2D eigenvalue weighted by atomic mass is 9.89.